The lowest BCUT2D eigenvalue weighted by atomic mass is 9.72. The van der Waals surface area contributed by atoms with Crippen LogP contribution in [0.5, 0.6) is 0 Å². The van der Waals surface area contributed by atoms with Crippen molar-refractivity contribution in [2.45, 2.75) is 10.8 Å². The Labute approximate surface area is 127 Å². The molecule has 98 valence electrons. The molecule has 0 saturated heterocycles. The van der Waals surface area contributed by atoms with Crippen molar-refractivity contribution in [3.05, 3.63) is 76.1 Å². The summed E-state index contributed by atoms with van der Waals surface area (Å²) in [6.07, 6.45) is 8.99. The summed E-state index contributed by atoms with van der Waals surface area (Å²) in [5.41, 5.74) is 5.67. The first kappa shape index (κ1) is 12.3. The summed E-state index contributed by atoms with van der Waals surface area (Å²) in [6, 6.07) is 8.58. The van der Waals surface area contributed by atoms with E-state index >= 15 is 0 Å². The number of fused-ring (bicyclic) bond motifs is 1. The minimum Gasteiger partial charge on any atom is -0.269 e. The fraction of sp³-hybridized carbons (Fsp3) is 0.118. The molecule has 4 rings (SSSR count). The van der Waals surface area contributed by atoms with Gasteiger partial charge in [-0.3, -0.25) is 4.99 Å². The van der Waals surface area contributed by atoms with Gasteiger partial charge in [0.25, 0.3) is 0 Å². The highest BCUT2D eigenvalue weighted by atomic mass is 32.2. The highest BCUT2D eigenvalue weighted by Gasteiger charge is 2.48. The summed E-state index contributed by atoms with van der Waals surface area (Å²) < 4.78 is 0. The van der Waals surface area contributed by atoms with Crippen LogP contribution >= 0.6 is 23.5 Å². The monoisotopic (exact) mass is 295 g/mol. The Morgan fingerprint density at radius 2 is 2.20 bits per heavy atom. The Kier molecular flexibility index (Phi) is 2.79. The van der Waals surface area contributed by atoms with Crippen LogP contribution in [0.2, 0.25) is 0 Å². The maximum Gasteiger partial charge on any atom is 0.127 e. The van der Waals surface area contributed by atoms with Gasteiger partial charge in [0.1, 0.15) is 5.54 Å². The van der Waals surface area contributed by atoms with E-state index in [1.54, 1.807) is 23.5 Å². The fourth-order valence-electron chi connectivity index (χ4n) is 3.10. The second-order valence-electron chi connectivity index (χ2n) is 4.93. The molecule has 3 aliphatic rings. The van der Waals surface area contributed by atoms with Gasteiger partial charge in [0.2, 0.25) is 0 Å². The van der Waals surface area contributed by atoms with Crippen LogP contribution in [0.25, 0.3) is 6.08 Å². The lowest BCUT2D eigenvalue weighted by Gasteiger charge is -2.39. The van der Waals surface area contributed by atoms with Crippen molar-refractivity contribution in [2.75, 3.05) is 0 Å². The normalized spacial score (nSPS) is 29.1. The summed E-state index contributed by atoms with van der Waals surface area (Å²) in [5.74, 6) is 0. The summed E-state index contributed by atoms with van der Waals surface area (Å²) >= 11 is 3.49. The minimum absolute atomic E-state index is 0.221. The molecule has 1 spiro atoms. The molecule has 2 unspecified atom stereocenters. The van der Waals surface area contributed by atoms with Crippen LogP contribution in [0.3, 0.4) is 0 Å². The van der Waals surface area contributed by atoms with Crippen molar-refractivity contribution in [2.24, 2.45) is 4.99 Å². The van der Waals surface area contributed by atoms with Gasteiger partial charge in [-0.2, -0.15) is 0 Å². The second-order valence-corrected chi connectivity index (χ2v) is 6.96. The number of hydrogen-bond donors (Lipinski definition) is 0. The molecule has 2 aliphatic carbocycles. The average Bonchev–Trinajstić information content (AvgIpc) is 2.90. The molecule has 1 nitrogen and oxygen atoms in total. The van der Waals surface area contributed by atoms with Crippen molar-refractivity contribution in [3.8, 4) is 0 Å². The summed E-state index contributed by atoms with van der Waals surface area (Å²) in [4.78, 5) is 6.15. The van der Waals surface area contributed by atoms with Gasteiger partial charge in [-0.05, 0) is 28.2 Å². The number of nitrogens with zero attached hydrogens (tertiary/aromatic N) is 1. The highest BCUT2D eigenvalue weighted by molar-refractivity contribution is 8.13. The molecule has 0 bridgehead atoms. The summed E-state index contributed by atoms with van der Waals surface area (Å²) in [5, 5.41) is 2.23. The second kappa shape index (κ2) is 4.54. The lowest BCUT2D eigenvalue weighted by Crippen LogP contribution is -2.37. The van der Waals surface area contributed by atoms with Gasteiger partial charge >= 0.3 is 0 Å². The van der Waals surface area contributed by atoms with E-state index in [0.29, 0.717) is 5.25 Å². The third-order valence-electron chi connectivity index (χ3n) is 3.96. The third-order valence-corrected chi connectivity index (χ3v) is 5.65. The van der Waals surface area contributed by atoms with Crippen LogP contribution in [0.1, 0.15) is 11.1 Å². The molecule has 0 aromatic heterocycles. The lowest BCUT2D eigenvalue weighted by molar-refractivity contribution is 0.564. The summed E-state index contributed by atoms with van der Waals surface area (Å²) in [7, 11) is 0. The van der Waals surface area contributed by atoms with Crippen LogP contribution in [0.15, 0.2) is 70.0 Å². The Bertz CT molecular complexity index is 711. The van der Waals surface area contributed by atoms with Gasteiger partial charge in [0.15, 0.2) is 0 Å². The summed E-state index contributed by atoms with van der Waals surface area (Å²) in [6.45, 7) is 3.82. The molecule has 3 heteroatoms. The van der Waals surface area contributed by atoms with Gasteiger partial charge < -0.3 is 0 Å². The van der Waals surface area contributed by atoms with E-state index in [-0.39, 0.29) is 5.54 Å². The number of allylic oxidation sites excluding steroid dienone is 1. The van der Waals surface area contributed by atoms with Gasteiger partial charge in [-0.1, -0.05) is 60.8 Å². The zero-order chi connectivity index (χ0) is 13.6. The van der Waals surface area contributed by atoms with E-state index in [0.717, 1.165) is 0 Å². The Morgan fingerprint density at radius 1 is 1.30 bits per heavy atom. The van der Waals surface area contributed by atoms with E-state index in [1.165, 1.54) is 21.6 Å². The van der Waals surface area contributed by atoms with E-state index in [1.807, 2.05) is 11.0 Å². The third kappa shape index (κ3) is 1.57. The maximum atomic E-state index is 4.89. The van der Waals surface area contributed by atoms with Crippen LogP contribution in [0, 0.1) is 0 Å². The zero-order valence-electron chi connectivity index (χ0n) is 10.8. The Morgan fingerprint density at radius 3 is 3.10 bits per heavy atom. The van der Waals surface area contributed by atoms with Gasteiger partial charge in [-0.25, -0.2) is 0 Å². The molecule has 0 saturated carbocycles. The quantitative estimate of drug-likeness (QED) is 0.780. The predicted octanol–water partition coefficient (Wildman–Crippen LogP) is 4.75. The largest absolute Gasteiger partial charge is 0.269 e. The molecule has 20 heavy (non-hydrogen) atoms. The smallest absolute Gasteiger partial charge is 0.127 e. The highest BCUT2D eigenvalue weighted by Crippen LogP contribution is 2.53. The van der Waals surface area contributed by atoms with Crippen molar-refractivity contribution in [3.63, 3.8) is 0 Å². The number of hydrogen-bond acceptors (Lipinski definition) is 3. The molecule has 1 heterocycles. The standard InChI is InChI=1S/C17H13NS2/c1-2-19-14-9-13-8-7-12-5-3-4-6-15(12)17(13)16(10-14)20-11-18-17/h2-11,16H,1H2. The van der Waals surface area contributed by atoms with Crippen LogP contribution in [0.4, 0.5) is 0 Å². The molecule has 2 atom stereocenters. The maximum absolute atomic E-state index is 4.89. The first-order chi connectivity index (χ1) is 9.84. The van der Waals surface area contributed by atoms with E-state index in [9.17, 15) is 0 Å². The molecule has 1 aliphatic heterocycles. The number of rotatable bonds is 2. The molecular formula is C17H13NS2. The molecule has 0 fully saturated rings. The van der Waals surface area contributed by atoms with Crippen LogP contribution in [-0.2, 0) is 5.54 Å². The SMILES string of the molecule is C=CSC1=CC2SC=NC23C(=C1)C=Cc1ccccc13. The molecule has 0 amide bonds. The number of benzene rings is 1. The predicted molar refractivity (Wildman–Crippen MR) is 91.0 cm³/mol. The van der Waals surface area contributed by atoms with Crippen molar-refractivity contribution in [1.29, 1.82) is 0 Å². The number of thioether (sulfide) groups is 2. The molecule has 1 aromatic carbocycles. The molecule has 0 N–H and O–H groups in total. The average molecular weight is 295 g/mol. The van der Waals surface area contributed by atoms with Gasteiger partial charge in [0, 0.05) is 4.91 Å². The van der Waals surface area contributed by atoms with Crippen molar-refractivity contribution < 1.29 is 0 Å². The van der Waals surface area contributed by atoms with E-state index in [2.05, 4.69) is 55.1 Å². The topological polar surface area (TPSA) is 12.4 Å². The molecule has 0 radical (unpaired) electrons. The van der Waals surface area contributed by atoms with E-state index < -0.39 is 0 Å². The number of aliphatic imine (C=N–C) groups is 1. The minimum atomic E-state index is -0.221. The van der Waals surface area contributed by atoms with Gasteiger partial charge in [-0.15, -0.1) is 11.8 Å². The van der Waals surface area contributed by atoms with Gasteiger partial charge in [0.05, 0.1) is 10.8 Å². The van der Waals surface area contributed by atoms with Crippen molar-refractivity contribution in [1.82, 2.24) is 0 Å². The fourth-order valence-corrected chi connectivity index (χ4v) is 4.89. The van der Waals surface area contributed by atoms with Crippen LogP contribution < -0.4 is 0 Å². The molecular weight excluding hydrogens is 282 g/mol. The van der Waals surface area contributed by atoms with E-state index in [4.69, 9.17) is 4.99 Å². The van der Waals surface area contributed by atoms with Crippen LogP contribution in [-0.4, -0.2) is 10.8 Å². The first-order valence-electron chi connectivity index (χ1n) is 6.53. The Hall–Kier alpha value is -1.45. The zero-order valence-corrected chi connectivity index (χ0v) is 12.5. The van der Waals surface area contributed by atoms with Crippen molar-refractivity contribution >= 4 is 35.1 Å². The first-order valence-corrected chi connectivity index (χ1v) is 8.35. The molecule has 1 aromatic rings. The Balaban J connectivity index is 1.94.